The summed E-state index contributed by atoms with van der Waals surface area (Å²) in [6, 6.07) is 28.3. The van der Waals surface area contributed by atoms with Crippen LogP contribution in [0.1, 0.15) is 12.0 Å². The van der Waals surface area contributed by atoms with E-state index in [2.05, 4.69) is 0 Å². The molecule has 3 heterocycles. The smallest absolute Gasteiger partial charge is 0.260 e. The van der Waals surface area contributed by atoms with Crippen molar-refractivity contribution >= 4 is 40.8 Å². The van der Waals surface area contributed by atoms with Crippen LogP contribution in [0.2, 0.25) is 0 Å². The first-order chi connectivity index (χ1) is 18.9. The molecular formula is C30H25N5O4. The monoisotopic (exact) mass is 519 g/mol. The lowest BCUT2D eigenvalue weighted by molar-refractivity contribution is -0.142. The van der Waals surface area contributed by atoms with Gasteiger partial charge in [0.1, 0.15) is 0 Å². The quantitative estimate of drug-likeness (QED) is 0.388. The molecule has 3 aliphatic rings. The first kappa shape index (κ1) is 24.3. The van der Waals surface area contributed by atoms with E-state index in [0.29, 0.717) is 17.3 Å². The predicted molar refractivity (Wildman–Crippen MR) is 145 cm³/mol. The normalized spacial score (nSPS) is 23.4. The molecule has 194 valence electrons. The summed E-state index contributed by atoms with van der Waals surface area (Å²) in [6.45, 7) is 0. The molecule has 2 fully saturated rings. The number of anilines is 2. The second kappa shape index (κ2) is 9.36. The van der Waals surface area contributed by atoms with Crippen LogP contribution in [-0.4, -0.2) is 53.4 Å². The Morgan fingerprint density at radius 2 is 1.26 bits per heavy atom. The molecule has 9 nitrogen and oxygen atoms in total. The van der Waals surface area contributed by atoms with Gasteiger partial charge in [0.05, 0.1) is 23.1 Å². The van der Waals surface area contributed by atoms with Gasteiger partial charge >= 0.3 is 0 Å². The topological polar surface area (TPSA) is 93.6 Å². The first-order valence-electron chi connectivity index (χ1n) is 12.6. The Balaban J connectivity index is 1.65. The van der Waals surface area contributed by atoms with E-state index in [0.717, 1.165) is 21.1 Å². The molecule has 2 unspecified atom stereocenters. The maximum atomic E-state index is 13.9. The number of carbonyl (C=O) groups is 4. The lowest BCUT2D eigenvalue weighted by Gasteiger charge is -2.28. The number of nitrogens with zero attached hydrogens (tertiary/aromatic N) is 5. The molecule has 2 atom stereocenters. The molecule has 9 heteroatoms. The van der Waals surface area contributed by atoms with Gasteiger partial charge in [0, 0.05) is 31.8 Å². The average Bonchev–Trinajstić information content (AvgIpc) is 3.56. The van der Waals surface area contributed by atoms with Crippen LogP contribution in [0.25, 0.3) is 0 Å². The SMILES string of the molecule is CN1C(=O)CC(C2C(=O)N(C)C(=O)/C2=C2\N(c3ccccc3)N=C(c3ccccc3)N2c2ccccc2)C1=O. The summed E-state index contributed by atoms with van der Waals surface area (Å²) < 4.78 is 0. The van der Waals surface area contributed by atoms with Gasteiger partial charge in [-0.05, 0) is 24.3 Å². The molecule has 0 N–H and O–H groups in total. The lowest BCUT2D eigenvalue weighted by atomic mass is 9.85. The van der Waals surface area contributed by atoms with Crippen LogP contribution in [0.3, 0.4) is 0 Å². The molecule has 0 aromatic heterocycles. The van der Waals surface area contributed by atoms with E-state index in [1.54, 1.807) is 5.01 Å². The van der Waals surface area contributed by atoms with Crippen molar-refractivity contribution in [1.29, 1.82) is 0 Å². The molecule has 0 bridgehead atoms. The first-order valence-corrected chi connectivity index (χ1v) is 12.6. The van der Waals surface area contributed by atoms with Crippen LogP contribution in [-0.2, 0) is 19.2 Å². The van der Waals surface area contributed by atoms with Gasteiger partial charge in [0.15, 0.2) is 11.7 Å². The number of carbonyl (C=O) groups excluding carboxylic acids is 4. The van der Waals surface area contributed by atoms with Crippen LogP contribution in [0, 0.1) is 11.8 Å². The number of hydrogen-bond acceptors (Lipinski definition) is 7. The van der Waals surface area contributed by atoms with Gasteiger partial charge in [-0.15, -0.1) is 5.10 Å². The van der Waals surface area contributed by atoms with Crippen molar-refractivity contribution in [2.24, 2.45) is 16.9 Å². The van der Waals surface area contributed by atoms with E-state index in [9.17, 15) is 19.2 Å². The fourth-order valence-electron chi connectivity index (χ4n) is 5.36. The number of rotatable bonds is 4. The minimum Gasteiger partial charge on any atom is -0.285 e. The van der Waals surface area contributed by atoms with Crippen LogP contribution >= 0.6 is 0 Å². The Labute approximate surface area is 225 Å². The highest BCUT2D eigenvalue weighted by molar-refractivity contribution is 6.21. The lowest BCUT2D eigenvalue weighted by Crippen LogP contribution is -2.36. The Morgan fingerprint density at radius 3 is 1.82 bits per heavy atom. The molecule has 0 radical (unpaired) electrons. The third-order valence-corrected chi connectivity index (χ3v) is 7.37. The molecule has 3 aliphatic heterocycles. The van der Waals surface area contributed by atoms with Gasteiger partial charge < -0.3 is 0 Å². The summed E-state index contributed by atoms with van der Waals surface area (Å²) in [5, 5.41) is 6.63. The molecule has 0 saturated carbocycles. The Bertz CT molecular complexity index is 1550. The van der Waals surface area contributed by atoms with Crippen molar-refractivity contribution in [1.82, 2.24) is 9.80 Å². The third-order valence-electron chi connectivity index (χ3n) is 7.37. The van der Waals surface area contributed by atoms with Crippen LogP contribution < -0.4 is 9.91 Å². The second-order valence-electron chi connectivity index (χ2n) is 9.63. The van der Waals surface area contributed by atoms with Crippen molar-refractivity contribution in [3.8, 4) is 0 Å². The van der Waals surface area contributed by atoms with Gasteiger partial charge in [-0.2, -0.15) is 0 Å². The van der Waals surface area contributed by atoms with Gasteiger partial charge in [0.2, 0.25) is 17.7 Å². The summed E-state index contributed by atoms with van der Waals surface area (Å²) in [5.74, 6) is -3.11. The molecule has 3 aromatic carbocycles. The highest BCUT2D eigenvalue weighted by Crippen LogP contribution is 2.44. The van der Waals surface area contributed by atoms with Crippen molar-refractivity contribution in [3.63, 3.8) is 0 Å². The van der Waals surface area contributed by atoms with Gasteiger partial charge in [0.25, 0.3) is 5.91 Å². The molecule has 39 heavy (non-hydrogen) atoms. The highest BCUT2D eigenvalue weighted by Gasteiger charge is 2.55. The van der Waals surface area contributed by atoms with E-state index in [1.807, 2.05) is 95.9 Å². The zero-order valence-electron chi connectivity index (χ0n) is 21.4. The maximum absolute atomic E-state index is 13.9. The van der Waals surface area contributed by atoms with Crippen molar-refractivity contribution < 1.29 is 19.2 Å². The molecule has 0 spiro atoms. The number of hydrogen-bond donors (Lipinski definition) is 0. The average molecular weight is 520 g/mol. The molecule has 3 aromatic rings. The number of benzene rings is 3. The summed E-state index contributed by atoms with van der Waals surface area (Å²) in [5.41, 5.74) is 2.32. The van der Waals surface area contributed by atoms with Gasteiger partial charge in [-0.1, -0.05) is 66.7 Å². The largest absolute Gasteiger partial charge is 0.285 e. The van der Waals surface area contributed by atoms with E-state index in [4.69, 9.17) is 5.10 Å². The predicted octanol–water partition coefficient (Wildman–Crippen LogP) is 3.21. The fraction of sp³-hybridized carbons (Fsp3) is 0.167. The summed E-state index contributed by atoms with van der Waals surface area (Å²) >= 11 is 0. The van der Waals surface area contributed by atoms with E-state index < -0.39 is 29.6 Å². The standard InChI is InChI=1S/C30H25N5O4/c1-32-23(36)18-22(28(32)37)24-25(30(39)33(2)29(24)38)27-34(20-14-8-4-9-15-20)26(19-12-6-3-7-13-19)31-35(27)21-16-10-5-11-17-21/h3-17,22,24H,18H2,1-2H3/b27-25-. The van der Waals surface area contributed by atoms with Crippen molar-refractivity contribution in [2.45, 2.75) is 6.42 Å². The molecule has 4 amide bonds. The van der Waals surface area contributed by atoms with Gasteiger partial charge in [-0.3, -0.25) is 33.9 Å². The third kappa shape index (κ3) is 3.82. The van der Waals surface area contributed by atoms with Crippen molar-refractivity contribution in [3.05, 3.63) is 108 Å². The molecular weight excluding hydrogens is 494 g/mol. The Hall–Kier alpha value is -5.05. The number of amides is 4. The minimum absolute atomic E-state index is 0.131. The van der Waals surface area contributed by atoms with Crippen molar-refractivity contribution in [2.75, 3.05) is 24.0 Å². The minimum atomic E-state index is -1.14. The Morgan fingerprint density at radius 1 is 0.692 bits per heavy atom. The number of para-hydroxylation sites is 2. The summed E-state index contributed by atoms with van der Waals surface area (Å²) in [4.78, 5) is 57.0. The molecule has 0 aliphatic carbocycles. The Kier molecular flexibility index (Phi) is 5.83. The zero-order valence-corrected chi connectivity index (χ0v) is 21.4. The van der Waals surface area contributed by atoms with E-state index in [1.165, 1.54) is 14.1 Å². The maximum Gasteiger partial charge on any atom is 0.260 e. The number of likely N-dealkylation sites (tertiary alicyclic amines) is 2. The highest BCUT2D eigenvalue weighted by atomic mass is 16.2. The molecule has 2 saturated heterocycles. The summed E-state index contributed by atoms with van der Waals surface area (Å²) in [7, 11) is 2.81. The second-order valence-corrected chi connectivity index (χ2v) is 9.63. The van der Waals surface area contributed by atoms with Crippen LogP contribution in [0.15, 0.2) is 107 Å². The number of hydrazone groups is 1. The number of amidine groups is 1. The van der Waals surface area contributed by atoms with Gasteiger partial charge in [-0.25, -0.2) is 5.01 Å². The van der Waals surface area contributed by atoms with E-state index >= 15 is 0 Å². The summed E-state index contributed by atoms with van der Waals surface area (Å²) in [6.07, 6.45) is -0.146. The van der Waals surface area contributed by atoms with E-state index in [-0.39, 0.29) is 17.9 Å². The zero-order chi connectivity index (χ0) is 27.3. The fourth-order valence-corrected chi connectivity index (χ4v) is 5.36. The molecule has 6 rings (SSSR count). The van der Waals surface area contributed by atoms with Crippen LogP contribution in [0.5, 0.6) is 0 Å². The number of likely N-dealkylation sites (N-methyl/N-ethyl adjacent to an activating group) is 1. The van der Waals surface area contributed by atoms with Crippen LogP contribution in [0.4, 0.5) is 11.4 Å². The number of imide groups is 2.